The largest absolute Gasteiger partial charge is 0.497 e. The summed E-state index contributed by atoms with van der Waals surface area (Å²) in [5, 5.41) is 12.0. The van der Waals surface area contributed by atoms with E-state index in [1.54, 1.807) is 27.4 Å². The van der Waals surface area contributed by atoms with Crippen LogP contribution < -0.4 is 19.5 Å². The van der Waals surface area contributed by atoms with Gasteiger partial charge in [0.25, 0.3) is 0 Å². The molecular formula is C28H37N3O6. The molecule has 2 aliphatic heterocycles. The van der Waals surface area contributed by atoms with Gasteiger partial charge >= 0.3 is 6.09 Å². The summed E-state index contributed by atoms with van der Waals surface area (Å²) in [6, 6.07) is 13.0. The van der Waals surface area contributed by atoms with Gasteiger partial charge in [-0.1, -0.05) is 18.2 Å². The third-order valence-corrected chi connectivity index (χ3v) is 7.79. The molecular weight excluding hydrogens is 474 g/mol. The highest BCUT2D eigenvalue weighted by Gasteiger charge is 2.47. The van der Waals surface area contributed by atoms with Crippen molar-refractivity contribution in [2.75, 3.05) is 47.5 Å². The first kappa shape index (κ1) is 26.6. The van der Waals surface area contributed by atoms with E-state index in [2.05, 4.69) is 10.2 Å². The van der Waals surface area contributed by atoms with E-state index >= 15 is 0 Å². The van der Waals surface area contributed by atoms with Crippen molar-refractivity contribution in [3.63, 3.8) is 0 Å². The number of likely N-dealkylation sites (tertiary alicyclic amines) is 2. The Hall–Kier alpha value is -3.46. The first-order chi connectivity index (χ1) is 17.9. The van der Waals surface area contributed by atoms with E-state index in [4.69, 9.17) is 14.2 Å². The Morgan fingerprint density at radius 1 is 0.973 bits per heavy atom. The van der Waals surface area contributed by atoms with Crippen molar-refractivity contribution in [3.8, 4) is 17.2 Å². The van der Waals surface area contributed by atoms with Crippen LogP contribution in [0.25, 0.3) is 0 Å². The van der Waals surface area contributed by atoms with E-state index in [0.29, 0.717) is 24.5 Å². The lowest BCUT2D eigenvalue weighted by molar-refractivity contribution is -0.138. The summed E-state index contributed by atoms with van der Waals surface area (Å²) in [5.74, 6) is 2.24. The number of methoxy groups -OCH3 is 3. The highest BCUT2D eigenvalue weighted by Crippen LogP contribution is 2.42. The summed E-state index contributed by atoms with van der Waals surface area (Å²) in [6.07, 6.45) is 2.11. The lowest BCUT2D eigenvalue weighted by Crippen LogP contribution is -2.45. The summed E-state index contributed by atoms with van der Waals surface area (Å²) < 4.78 is 15.9. The molecule has 9 nitrogen and oxygen atoms in total. The van der Waals surface area contributed by atoms with E-state index in [0.717, 1.165) is 62.3 Å². The SMILES string of the molecule is COc1ccc(CN2CCC3(CCN(CCC(NC(=O)O)c4ccc(OC)c(OC)c4)CC3)C2=O)cc1. The zero-order chi connectivity index (χ0) is 26.4. The normalized spacial score (nSPS) is 18.0. The predicted octanol–water partition coefficient (Wildman–Crippen LogP) is 3.93. The number of carbonyl (C=O) groups is 2. The average molecular weight is 512 g/mol. The number of piperidine rings is 1. The smallest absolute Gasteiger partial charge is 0.405 e. The lowest BCUT2D eigenvalue weighted by atomic mass is 9.77. The van der Waals surface area contributed by atoms with Crippen LogP contribution in [-0.4, -0.2) is 74.4 Å². The molecule has 37 heavy (non-hydrogen) atoms. The summed E-state index contributed by atoms with van der Waals surface area (Å²) in [4.78, 5) is 29.2. The first-order valence-corrected chi connectivity index (χ1v) is 12.7. The van der Waals surface area contributed by atoms with Gasteiger partial charge in [-0.05, 0) is 74.2 Å². The number of benzene rings is 2. The third kappa shape index (κ3) is 6.10. The molecule has 2 aromatic rings. The van der Waals surface area contributed by atoms with Crippen LogP contribution in [0, 0.1) is 5.41 Å². The number of ether oxygens (including phenoxy) is 3. The molecule has 0 aromatic heterocycles. The van der Waals surface area contributed by atoms with Crippen LogP contribution in [-0.2, 0) is 11.3 Å². The number of carbonyl (C=O) groups excluding carboxylic acids is 1. The van der Waals surface area contributed by atoms with Crippen LogP contribution >= 0.6 is 0 Å². The van der Waals surface area contributed by atoms with E-state index in [-0.39, 0.29) is 17.4 Å². The Labute approximate surface area is 218 Å². The fourth-order valence-electron chi connectivity index (χ4n) is 5.52. The minimum atomic E-state index is -1.06. The Morgan fingerprint density at radius 2 is 1.65 bits per heavy atom. The van der Waals surface area contributed by atoms with E-state index in [1.807, 2.05) is 41.3 Å². The van der Waals surface area contributed by atoms with Gasteiger partial charge in [-0.15, -0.1) is 0 Å². The number of nitrogens with one attached hydrogen (secondary N) is 1. The molecule has 4 rings (SSSR count). The van der Waals surface area contributed by atoms with E-state index in [9.17, 15) is 14.7 Å². The molecule has 2 aliphatic rings. The fraction of sp³-hybridized carbons (Fsp3) is 0.500. The minimum Gasteiger partial charge on any atom is -0.497 e. The third-order valence-electron chi connectivity index (χ3n) is 7.79. The van der Waals surface area contributed by atoms with Gasteiger partial charge in [0, 0.05) is 19.6 Å². The number of nitrogens with zero attached hydrogens (tertiary/aromatic N) is 2. The van der Waals surface area contributed by atoms with Crippen molar-refractivity contribution in [3.05, 3.63) is 53.6 Å². The summed E-state index contributed by atoms with van der Waals surface area (Å²) in [7, 11) is 4.78. The fourth-order valence-corrected chi connectivity index (χ4v) is 5.52. The first-order valence-electron chi connectivity index (χ1n) is 12.7. The molecule has 2 N–H and O–H groups in total. The number of hydrogen-bond acceptors (Lipinski definition) is 6. The van der Waals surface area contributed by atoms with Gasteiger partial charge in [0.2, 0.25) is 5.91 Å². The molecule has 200 valence electrons. The summed E-state index contributed by atoms with van der Waals surface area (Å²) in [5.41, 5.74) is 1.66. The quantitative estimate of drug-likeness (QED) is 0.499. The number of carboxylic acid groups (broad SMARTS) is 1. The van der Waals surface area contributed by atoms with Crippen molar-refractivity contribution < 1.29 is 28.9 Å². The Bertz CT molecular complexity index is 1080. The van der Waals surface area contributed by atoms with Gasteiger partial charge in [0.15, 0.2) is 11.5 Å². The van der Waals surface area contributed by atoms with Gasteiger partial charge in [-0.25, -0.2) is 4.79 Å². The lowest BCUT2D eigenvalue weighted by Gasteiger charge is -2.38. The van der Waals surface area contributed by atoms with Gasteiger partial charge in [0.05, 0.1) is 32.8 Å². The van der Waals surface area contributed by atoms with Crippen LogP contribution in [0.1, 0.15) is 42.9 Å². The Kier molecular flexibility index (Phi) is 8.43. The second-order valence-corrected chi connectivity index (χ2v) is 9.85. The van der Waals surface area contributed by atoms with E-state index in [1.165, 1.54) is 0 Å². The average Bonchev–Trinajstić information content (AvgIpc) is 3.21. The molecule has 2 fully saturated rings. The Morgan fingerprint density at radius 3 is 2.27 bits per heavy atom. The summed E-state index contributed by atoms with van der Waals surface area (Å²) >= 11 is 0. The van der Waals surface area contributed by atoms with Crippen LogP contribution in [0.5, 0.6) is 17.2 Å². The van der Waals surface area contributed by atoms with Crippen molar-refractivity contribution in [1.29, 1.82) is 0 Å². The van der Waals surface area contributed by atoms with Crippen molar-refractivity contribution in [2.45, 2.75) is 38.3 Å². The van der Waals surface area contributed by atoms with Crippen LogP contribution in [0.15, 0.2) is 42.5 Å². The van der Waals surface area contributed by atoms with Gasteiger partial charge in [0.1, 0.15) is 5.75 Å². The number of amides is 2. The molecule has 1 spiro atoms. The molecule has 0 bridgehead atoms. The molecule has 1 atom stereocenters. The van der Waals surface area contributed by atoms with Gasteiger partial charge in [-0.3, -0.25) is 4.79 Å². The van der Waals surface area contributed by atoms with Gasteiger partial charge in [-0.2, -0.15) is 0 Å². The maximum absolute atomic E-state index is 13.4. The standard InChI is InChI=1S/C28H37N3O6/c1-35-22-7-4-20(5-8-22)19-31-17-13-28(26(31)32)11-15-30(16-12-28)14-10-23(29-27(33)34)21-6-9-24(36-2)25(18-21)37-3/h4-9,18,23,29H,10-17,19H2,1-3H3,(H,33,34). The second-order valence-electron chi connectivity index (χ2n) is 9.85. The molecule has 9 heteroatoms. The highest BCUT2D eigenvalue weighted by molar-refractivity contribution is 5.85. The molecule has 1 unspecified atom stereocenters. The Balaban J connectivity index is 1.32. The van der Waals surface area contributed by atoms with Crippen LogP contribution in [0.3, 0.4) is 0 Å². The molecule has 0 saturated carbocycles. The zero-order valence-corrected chi connectivity index (χ0v) is 21.9. The molecule has 2 aromatic carbocycles. The maximum Gasteiger partial charge on any atom is 0.405 e. The predicted molar refractivity (Wildman–Crippen MR) is 139 cm³/mol. The minimum absolute atomic E-state index is 0.263. The topological polar surface area (TPSA) is 101 Å². The molecule has 0 aliphatic carbocycles. The van der Waals surface area contributed by atoms with Crippen LogP contribution in [0.2, 0.25) is 0 Å². The highest BCUT2D eigenvalue weighted by atomic mass is 16.5. The monoisotopic (exact) mass is 511 g/mol. The zero-order valence-electron chi connectivity index (χ0n) is 21.9. The number of hydrogen-bond donors (Lipinski definition) is 2. The van der Waals surface area contributed by atoms with E-state index < -0.39 is 6.09 Å². The van der Waals surface area contributed by atoms with Crippen molar-refractivity contribution in [2.24, 2.45) is 5.41 Å². The molecule has 2 saturated heterocycles. The maximum atomic E-state index is 13.4. The molecule has 2 amide bonds. The molecule has 0 radical (unpaired) electrons. The van der Waals surface area contributed by atoms with Crippen LogP contribution in [0.4, 0.5) is 4.79 Å². The number of rotatable bonds is 10. The summed E-state index contributed by atoms with van der Waals surface area (Å²) in [6.45, 7) is 3.80. The second kappa shape index (κ2) is 11.7. The van der Waals surface area contributed by atoms with Gasteiger partial charge < -0.3 is 34.4 Å². The van der Waals surface area contributed by atoms with Crippen molar-refractivity contribution in [1.82, 2.24) is 15.1 Å². The van der Waals surface area contributed by atoms with Crippen molar-refractivity contribution >= 4 is 12.0 Å². The molecule has 2 heterocycles.